The van der Waals surface area contributed by atoms with Crippen molar-refractivity contribution in [3.8, 4) is 0 Å². The van der Waals surface area contributed by atoms with Crippen molar-refractivity contribution >= 4 is 22.6 Å². The molecule has 0 nitrogen and oxygen atoms in total. The van der Waals surface area contributed by atoms with E-state index in [-0.39, 0.29) is 0 Å². The summed E-state index contributed by atoms with van der Waals surface area (Å²) in [7, 11) is 0. The van der Waals surface area contributed by atoms with Crippen LogP contribution in [0.4, 0.5) is 0 Å². The highest BCUT2D eigenvalue weighted by molar-refractivity contribution is 14.1. The summed E-state index contributed by atoms with van der Waals surface area (Å²) in [6.45, 7) is 4.41. The van der Waals surface area contributed by atoms with Gasteiger partial charge in [-0.3, -0.25) is 0 Å². The molecule has 0 aromatic heterocycles. The van der Waals surface area contributed by atoms with E-state index in [0.717, 1.165) is 0 Å². The summed E-state index contributed by atoms with van der Waals surface area (Å²) in [4.78, 5) is 0. The Bertz CT molecular complexity index is 74.5. The summed E-state index contributed by atoms with van der Waals surface area (Å²) < 4.78 is 2.16. The Labute approximate surface area is 65.5 Å². The second-order valence-corrected chi connectivity index (χ2v) is 2.68. The highest BCUT2D eigenvalue weighted by Gasteiger charge is 1.84. The van der Waals surface area contributed by atoms with Crippen LogP contribution in [0.1, 0.15) is 33.1 Å². The molecule has 0 aromatic carbocycles. The predicted molar refractivity (Wildman–Crippen MR) is 47.3 cm³/mol. The average molecular weight is 224 g/mol. The molecule has 0 atom stereocenters. The molecule has 0 aromatic rings. The first-order valence-electron chi connectivity index (χ1n) is 3.07. The fraction of sp³-hybridized carbons (Fsp3) is 0.714. The zero-order chi connectivity index (χ0) is 6.41. The van der Waals surface area contributed by atoms with Crippen LogP contribution in [0, 0.1) is 0 Å². The van der Waals surface area contributed by atoms with Crippen molar-refractivity contribution in [1.29, 1.82) is 0 Å². The first kappa shape index (κ1) is 8.47. The van der Waals surface area contributed by atoms with Crippen LogP contribution in [0.25, 0.3) is 0 Å². The Morgan fingerprint density at radius 2 is 2.25 bits per heavy atom. The third-order valence-electron chi connectivity index (χ3n) is 1.11. The van der Waals surface area contributed by atoms with Crippen LogP contribution in [0.2, 0.25) is 0 Å². The standard InChI is InChI=1S/C7H13I/c1-3-4-5-7(2)6-8/h6H,3-5H2,1-2H3/b7-6-. The second kappa shape index (κ2) is 5.60. The molecule has 0 saturated carbocycles. The van der Waals surface area contributed by atoms with Crippen molar-refractivity contribution < 1.29 is 0 Å². The van der Waals surface area contributed by atoms with Gasteiger partial charge in [-0.2, -0.15) is 0 Å². The van der Waals surface area contributed by atoms with E-state index in [1.54, 1.807) is 0 Å². The van der Waals surface area contributed by atoms with Gasteiger partial charge in [0.2, 0.25) is 0 Å². The summed E-state index contributed by atoms with van der Waals surface area (Å²) in [6, 6.07) is 0. The molecular weight excluding hydrogens is 211 g/mol. The lowest BCUT2D eigenvalue weighted by molar-refractivity contribution is 0.789. The lowest BCUT2D eigenvalue weighted by Gasteiger charge is -1.93. The van der Waals surface area contributed by atoms with Crippen LogP contribution >= 0.6 is 22.6 Å². The van der Waals surface area contributed by atoms with Gasteiger partial charge in [-0.05, 0) is 23.8 Å². The molecule has 0 aliphatic rings. The van der Waals surface area contributed by atoms with Gasteiger partial charge in [0.05, 0.1) is 0 Å². The van der Waals surface area contributed by atoms with Gasteiger partial charge in [-0.1, -0.05) is 41.5 Å². The van der Waals surface area contributed by atoms with Crippen LogP contribution in [-0.2, 0) is 0 Å². The molecule has 0 aliphatic carbocycles. The number of allylic oxidation sites excluding steroid dienone is 1. The Morgan fingerprint density at radius 1 is 1.62 bits per heavy atom. The van der Waals surface area contributed by atoms with Gasteiger partial charge in [0.15, 0.2) is 0 Å². The molecular formula is C7H13I. The molecule has 0 fully saturated rings. The molecule has 0 spiro atoms. The molecule has 0 unspecified atom stereocenters. The normalized spacial score (nSPS) is 12.1. The van der Waals surface area contributed by atoms with E-state index in [0.29, 0.717) is 0 Å². The SMILES string of the molecule is CCCC/C(C)=C\I. The maximum Gasteiger partial charge on any atom is -0.0245 e. The molecule has 8 heavy (non-hydrogen) atoms. The van der Waals surface area contributed by atoms with Crippen molar-refractivity contribution in [3.05, 3.63) is 9.66 Å². The van der Waals surface area contributed by atoms with Crippen molar-refractivity contribution in [1.82, 2.24) is 0 Å². The van der Waals surface area contributed by atoms with Gasteiger partial charge >= 0.3 is 0 Å². The number of unbranched alkanes of at least 4 members (excludes halogenated alkanes) is 1. The molecule has 48 valence electrons. The Kier molecular flexibility index (Phi) is 5.93. The molecule has 1 heteroatoms. The van der Waals surface area contributed by atoms with E-state index in [4.69, 9.17) is 0 Å². The topological polar surface area (TPSA) is 0 Å². The van der Waals surface area contributed by atoms with Crippen molar-refractivity contribution in [3.63, 3.8) is 0 Å². The number of halogens is 1. The second-order valence-electron chi connectivity index (χ2n) is 2.06. The summed E-state index contributed by atoms with van der Waals surface area (Å²) in [5, 5.41) is 0. The minimum absolute atomic E-state index is 1.28. The smallest absolute Gasteiger partial charge is 0.0245 e. The summed E-state index contributed by atoms with van der Waals surface area (Å²) in [6.07, 6.45) is 3.92. The number of hydrogen-bond donors (Lipinski definition) is 0. The molecule has 0 aliphatic heterocycles. The number of hydrogen-bond acceptors (Lipinski definition) is 0. The third kappa shape index (κ3) is 4.62. The highest BCUT2D eigenvalue weighted by Crippen LogP contribution is 2.07. The predicted octanol–water partition coefficient (Wildman–Crippen LogP) is 3.52. The van der Waals surface area contributed by atoms with Gasteiger partial charge in [-0.25, -0.2) is 0 Å². The minimum atomic E-state index is 1.28. The lowest BCUT2D eigenvalue weighted by Crippen LogP contribution is -1.73. The van der Waals surface area contributed by atoms with Gasteiger partial charge in [0.25, 0.3) is 0 Å². The zero-order valence-corrected chi connectivity index (χ0v) is 7.73. The summed E-state index contributed by atoms with van der Waals surface area (Å²) in [5.74, 6) is 0. The third-order valence-corrected chi connectivity index (χ3v) is 2.17. The molecule has 0 bridgehead atoms. The van der Waals surface area contributed by atoms with Crippen LogP contribution in [0.3, 0.4) is 0 Å². The van der Waals surface area contributed by atoms with Crippen LogP contribution in [0.5, 0.6) is 0 Å². The van der Waals surface area contributed by atoms with E-state index in [1.165, 1.54) is 24.8 Å². The van der Waals surface area contributed by atoms with Gasteiger partial charge in [0.1, 0.15) is 0 Å². The van der Waals surface area contributed by atoms with Crippen LogP contribution in [0.15, 0.2) is 9.66 Å². The molecule has 0 radical (unpaired) electrons. The lowest BCUT2D eigenvalue weighted by atomic mass is 10.2. The molecule has 0 rings (SSSR count). The summed E-state index contributed by atoms with van der Waals surface area (Å²) >= 11 is 2.29. The summed E-state index contributed by atoms with van der Waals surface area (Å²) in [5.41, 5.74) is 1.51. The van der Waals surface area contributed by atoms with Gasteiger partial charge < -0.3 is 0 Å². The van der Waals surface area contributed by atoms with Gasteiger partial charge in [-0.15, -0.1) is 0 Å². The van der Waals surface area contributed by atoms with E-state index >= 15 is 0 Å². The van der Waals surface area contributed by atoms with Crippen LogP contribution in [-0.4, -0.2) is 0 Å². The van der Waals surface area contributed by atoms with E-state index in [1.807, 2.05) is 0 Å². The average Bonchev–Trinajstić information content (AvgIpc) is 1.83. The Morgan fingerprint density at radius 3 is 2.62 bits per heavy atom. The fourth-order valence-corrected chi connectivity index (χ4v) is 0.822. The fourth-order valence-electron chi connectivity index (χ4n) is 0.510. The molecule has 0 heterocycles. The zero-order valence-electron chi connectivity index (χ0n) is 5.58. The molecule has 0 saturated heterocycles. The maximum absolute atomic E-state index is 2.29. The molecule has 0 amide bonds. The van der Waals surface area contributed by atoms with E-state index in [2.05, 4.69) is 40.5 Å². The van der Waals surface area contributed by atoms with Crippen LogP contribution < -0.4 is 0 Å². The van der Waals surface area contributed by atoms with Crippen molar-refractivity contribution in [2.24, 2.45) is 0 Å². The maximum atomic E-state index is 2.29. The van der Waals surface area contributed by atoms with E-state index < -0.39 is 0 Å². The largest absolute Gasteiger partial charge is 0.0673 e. The van der Waals surface area contributed by atoms with Gasteiger partial charge in [0, 0.05) is 0 Å². The monoisotopic (exact) mass is 224 g/mol. The highest BCUT2D eigenvalue weighted by atomic mass is 127. The first-order valence-corrected chi connectivity index (χ1v) is 4.31. The van der Waals surface area contributed by atoms with Crippen molar-refractivity contribution in [2.45, 2.75) is 33.1 Å². The van der Waals surface area contributed by atoms with Crippen molar-refractivity contribution in [2.75, 3.05) is 0 Å². The van der Waals surface area contributed by atoms with E-state index in [9.17, 15) is 0 Å². The quantitative estimate of drug-likeness (QED) is 0.643. The Balaban J connectivity index is 3.12. The first-order chi connectivity index (χ1) is 3.81. The Hall–Kier alpha value is 0.470. The number of rotatable bonds is 3. The minimum Gasteiger partial charge on any atom is -0.0673 e. The molecule has 0 N–H and O–H groups in total.